The summed E-state index contributed by atoms with van der Waals surface area (Å²) in [5.41, 5.74) is 4.73. The fourth-order valence-corrected chi connectivity index (χ4v) is 4.40. The summed E-state index contributed by atoms with van der Waals surface area (Å²) in [6.07, 6.45) is 10.4. The first-order chi connectivity index (χ1) is 15.3. The number of unbranched alkanes of at least 4 members (excludes halogenated alkanes) is 7. The number of carbonyl (C=O) groups excluding carboxylic acids is 2. The van der Waals surface area contributed by atoms with Gasteiger partial charge in [0.05, 0.1) is 0 Å². The first kappa shape index (κ1) is 23.2. The van der Waals surface area contributed by atoms with Crippen molar-refractivity contribution in [2.75, 3.05) is 13.2 Å². The number of nitrogens with one attached hydrogen (secondary N) is 1. The Balaban J connectivity index is 1.43. The van der Waals surface area contributed by atoms with Crippen LogP contribution in [0.2, 0.25) is 0 Å². The van der Waals surface area contributed by atoms with Crippen molar-refractivity contribution < 1.29 is 14.3 Å². The Kier molecular flexibility index (Phi) is 9.29. The second kappa shape index (κ2) is 12.4. The van der Waals surface area contributed by atoms with Gasteiger partial charge in [0.1, 0.15) is 12.9 Å². The Bertz CT molecular complexity index is 802. The molecule has 0 aliphatic heterocycles. The zero-order valence-corrected chi connectivity index (χ0v) is 18.6. The molecule has 0 heterocycles. The van der Waals surface area contributed by atoms with Gasteiger partial charge in [0.15, 0.2) is 6.04 Å². The lowest BCUT2D eigenvalue weighted by atomic mass is 9.98. The molecule has 0 radical (unpaired) electrons. The second-order valence-electron chi connectivity index (χ2n) is 8.40. The van der Waals surface area contributed by atoms with Crippen molar-refractivity contribution >= 4 is 12.3 Å². The third kappa shape index (κ3) is 6.27. The van der Waals surface area contributed by atoms with Crippen LogP contribution in [-0.4, -0.2) is 31.4 Å². The molecule has 2 aromatic carbocycles. The summed E-state index contributed by atoms with van der Waals surface area (Å²) >= 11 is 0. The van der Waals surface area contributed by atoms with Crippen LogP contribution in [0.3, 0.4) is 0 Å². The number of esters is 1. The molecule has 0 aromatic heterocycles. The summed E-state index contributed by atoms with van der Waals surface area (Å²) in [5, 5.41) is 3.05. The lowest BCUT2D eigenvalue weighted by molar-refractivity contribution is -0.147. The SMILES string of the molecule is CCCCCCCCCCNC(C=O)C(=O)OCC1c2ccccc2-c2ccccc21. The number of aldehydes is 1. The highest BCUT2D eigenvalue weighted by atomic mass is 16.5. The number of ether oxygens (including phenoxy) is 1. The zero-order chi connectivity index (χ0) is 21.9. The Morgan fingerprint density at radius 3 is 2.03 bits per heavy atom. The van der Waals surface area contributed by atoms with Gasteiger partial charge in [-0.05, 0) is 35.2 Å². The van der Waals surface area contributed by atoms with E-state index < -0.39 is 12.0 Å². The Morgan fingerprint density at radius 1 is 0.903 bits per heavy atom. The lowest BCUT2D eigenvalue weighted by Gasteiger charge is -2.17. The van der Waals surface area contributed by atoms with Crippen LogP contribution in [0.15, 0.2) is 48.5 Å². The van der Waals surface area contributed by atoms with Crippen molar-refractivity contribution in [3.63, 3.8) is 0 Å². The largest absolute Gasteiger partial charge is 0.463 e. The molecule has 0 fully saturated rings. The lowest BCUT2D eigenvalue weighted by Crippen LogP contribution is -2.40. The van der Waals surface area contributed by atoms with Gasteiger partial charge in [-0.1, -0.05) is 100 Å². The van der Waals surface area contributed by atoms with Crippen LogP contribution in [0.4, 0.5) is 0 Å². The van der Waals surface area contributed by atoms with E-state index in [1.54, 1.807) is 0 Å². The molecule has 0 saturated carbocycles. The van der Waals surface area contributed by atoms with E-state index in [-0.39, 0.29) is 12.5 Å². The highest BCUT2D eigenvalue weighted by Gasteiger charge is 2.30. The van der Waals surface area contributed by atoms with E-state index in [1.807, 2.05) is 24.3 Å². The number of hydrogen-bond donors (Lipinski definition) is 1. The van der Waals surface area contributed by atoms with Gasteiger partial charge in [-0.2, -0.15) is 0 Å². The van der Waals surface area contributed by atoms with E-state index in [1.165, 1.54) is 60.8 Å². The van der Waals surface area contributed by atoms with Crippen molar-refractivity contribution in [3.05, 3.63) is 59.7 Å². The molecule has 0 amide bonds. The van der Waals surface area contributed by atoms with Gasteiger partial charge >= 0.3 is 5.97 Å². The molecular formula is C27H35NO3. The van der Waals surface area contributed by atoms with Gasteiger partial charge in [-0.3, -0.25) is 5.32 Å². The molecule has 3 rings (SSSR count). The molecule has 1 atom stereocenters. The summed E-state index contributed by atoms with van der Waals surface area (Å²) in [4.78, 5) is 23.9. The van der Waals surface area contributed by atoms with Crippen LogP contribution < -0.4 is 5.32 Å². The molecule has 0 saturated heterocycles. The van der Waals surface area contributed by atoms with Gasteiger partial charge in [0.25, 0.3) is 0 Å². The van der Waals surface area contributed by atoms with Crippen molar-refractivity contribution in [1.29, 1.82) is 0 Å². The van der Waals surface area contributed by atoms with E-state index in [0.29, 0.717) is 12.8 Å². The summed E-state index contributed by atoms with van der Waals surface area (Å²) in [6.45, 7) is 3.13. The number of rotatable bonds is 14. The van der Waals surface area contributed by atoms with Crippen LogP contribution in [0.1, 0.15) is 75.3 Å². The molecule has 0 bridgehead atoms. The van der Waals surface area contributed by atoms with Crippen LogP contribution >= 0.6 is 0 Å². The maximum Gasteiger partial charge on any atom is 0.330 e. The Morgan fingerprint density at radius 2 is 1.45 bits per heavy atom. The first-order valence-electron chi connectivity index (χ1n) is 11.8. The number of fused-ring (bicyclic) bond motifs is 3. The molecule has 1 aliphatic carbocycles. The molecule has 166 valence electrons. The minimum absolute atomic E-state index is 0.0105. The average Bonchev–Trinajstić information content (AvgIpc) is 3.12. The van der Waals surface area contributed by atoms with Gasteiger partial charge in [0, 0.05) is 5.92 Å². The van der Waals surface area contributed by atoms with Crippen LogP contribution in [0.5, 0.6) is 0 Å². The molecular weight excluding hydrogens is 386 g/mol. The number of hydrogen-bond acceptors (Lipinski definition) is 4. The minimum atomic E-state index is -0.892. The second-order valence-corrected chi connectivity index (χ2v) is 8.40. The van der Waals surface area contributed by atoms with Gasteiger partial charge in [-0.15, -0.1) is 0 Å². The van der Waals surface area contributed by atoms with Gasteiger partial charge in [-0.25, -0.2) is 4.79 Å². The molecule has 0 spiro atoms. The molecule has 1 unspecified atom stereocenters. The zero-order valence-electron chi connectivity index (χ0n) is 18.6. The first-order valence-corrected chi connectivity index (χ1v) is 11.8. The molecule has 1 N–H and O–H groups in total. The van der Waals surface area contributed by atoms with Crippen LogP contribution in [0.25, 0.3) is 11.1 Å². The summed E-state index contributed by atoms with van der Waals surface area (Å²) < 4.78 is 5.59. The van der Waals surface area contributed by atoms with Crippen molar-refractivity contribution in [1.82, 2.24) is 5.32 Å². The fraction of sp³-hybridized carbons (Fsp3) is 0.481. The third-order valence-electron chi connectivity index (χ3n) is 6.14. The predicted octanol–water partition coefficient (Wildman–Crippen LogP) is 5.64. The summed E-state index contributed by atoms with van der Waals surface area (Å²) in [5.74, 6) is -0.479. The van der Waals surface area contributed by atoms with E-state index >= 15 is 0 Å². The number of carbonyl (C=O) groups is 2. The third-order valence-corrected chi connectivity index (χ3v) is 6.14. The summed E-state index contributed by atoms with van der Waals surface area (Å²) in [7, 11) is 0. The van der Waals surface area contributed by atoms with E-state index in [2.05, 4.69) is 36.5 Å². The molecule has 2 aromatic rings. The van der Waals surface area contributed by atoms with E-state index in [4.69, 9.17) is 4.74 Å². The highest BCUT2D eigenvalue weighted by molar-refractivity contribution is 5.92. The van der Waals surface area contributed by atoms with Crippen LogP contribution in [0, 0.1) is 0 Å². The van der Waals surface area contributed by atoms with Crippen molar-refractivity contribution in [2.24, 2.45) is 0 Å². The molecule has 4 nitrogen and oxygen atoms in total. The van der Waals surface area contributed by atoms with Crippen molar-refractivity contribution in [3.8, 4) is 11.1 Å². The Labute approximate surface area is 186 Å². The maximum atomic E-state index is 12.5. The van der Waals surface area contributed by atoms with Crippen molar-refractivity contribution in [2.45, 2.75) is 70.3 Å². The minimum Gasteiger partial charge on any atom is -0.463 e. The van der Waals surface area contributed by atoms with Gasteiger partial charge < -0.3 is 9.53 Å². The summed E-state index contributed by atoms with van der Waals surface area (Å²) in [6, 6.07) is 15.6. The molecule has 31 heavy (non-hydrogen) atoms. The van der Waals surface area contributed by atoms with Crippen LogP contribution in [-0.2, 0) is 14.3 Å². The Hall–Kier alpha value is -2.46. The normalized spacial score (nSPS) is 13.5. The average molecular weight is 422 g/mol. The predicted molar refractivity (Wildman–Crippen MR) is 125 cm³/mol. The highest BCUT2D eigenvalue weighted by Crippen LogP contribution is 2.44. The topological polar surface area (TPSA) is 55.4 Å². The van der Waals surface area contributed by atoms with E-state index in [0.717, 1.165) is 12.8 Å². The van der Waals surface area contributed by atoms with E-state index in [9.17, 15) is 9.59 Å². The number of benzene rings is 2. The fourth-order valence-electron chi connectivity index (χ4n) is 4.40. The van der Waals surface area contributed by atoms with Gasteiger partial charge in [0.2, 0.25) is 0 Å². The monoisotopic (exact) mass is 421 g/mol. The quantitative estimate of drug-likeness (QED) is 0.186. The maximum absolute atomic E-state index is 12.5. The molecule has 4 heteroatoms. The smallest absolute Gasteiger partial charge is 0.330 e. The standard InChI is InChI=1S/C27H35NO3/c1-2-3-4-5-6-7-8-13-18-28-26(19-29)27(30)31-20-25-23-16-11-9-14-21(23)22-15-10-12-17-24(22)25/h9-12,14-17,19,25-26,28H,2-8,13,18,20H2,1H3. The molecule has 1 aliphatic rings.